The fourth-order valence-corrected chi connectivity index (χ4v) is 1.97. The highest BCUT2D eigenvalue weighted by Gasteiger charge is 2.16. The minimum atomic E-state index is -0.876. The highest BCUT2D eigenvalue weighted by Crippen LogP contribution is 2.26. The van der Waals surface area contributed by atoms with Crippen LogP contribution in [0.5, 0.6) is 5.75 Å². The third-order valence-electron chi connectivity index (χ3n) is 3.04. The third kappa shape index (κ3) is 2.99. The fraction of sp³-hybridized carbons (Fsp3) is 0.333. The summed E-state index contributed by atoms with van der Waals surface area (Å²) >= 11 is 0. The largest absolute Gasteiger partial charge is 0.497 e. The van der Waals surface area contributed by atoms with Crippen LogP contribution >= 0.6 is 0 Å². The number of carbonyl (C=O) groups is 1. The molecule has 0 radical (unpaired) electrons. The number of aromatic nitrogens is 2. The molecule has 2 rings (SSSR count). The Hall–Kier alpha value is -2.30. The number of benzene rings is 1. The van der Waals surface area contributed by atoms with Crippen molar-refractivity contribution in [1.82, 2.24) is 9.97 Å². The smallest absolute Gasteiger partial charge is 0.309 e. The number of H-pyrrole nitrogens is 1. The van der Waals surface area contributed by atoms with Gasteiger partial charge >= 0.3 is 5.97 Å². The average molecular weight is 274 g/mol. The Morgan fingerprint density at radius 1 is 1.35 bits per heavy atom. The second-order valence-electron chi connectivity index (χ2n) is 4.90. The monoisotopic (exact) mass is 274 g/mol. The summed E-state index contributed by atoms with van der Waals surface area (Å²) in [6.07, 6.45) is -0.0684. The van der Waals surface area contributed by atoms with Gasteiger partial charge in [0.15, 0.2) is 0 Å². The van der Waals surface area contributed by atoms with E-state index in [1.807, 2.05) is 38.1 Å². The summed E-state index contributed by atoms with van der Waals surface area (Å²) in [7, 11) is 1.61. The maximum absolute atomic E-state index is 11.0. The van der Waals surface area contributed by atoms with Gasteiger partial charge in [-0.1, -0.05) is 13.8 Å². The number of methoxy groups -OCH3 is 1. The van der Waals surface area contributed by atoms with Crippen LogP contribution < -0.4 is 4.74 Å². The normalized spacial score (nSPS) is 10.8. The fourth-order valence-electron chi connectivity index (χ4n) is 1.97. The molecular weight excluding hydrogens is 256 g/mol. The van der Waals surface area contributed by atoms with E-state index in [4.69, 9.17) is 9.84 Å². The molecular formula is C15H18N2O3. The number of nitrogens with one attached hydrogen (secondary N) is 1. The molecule has 0 spiro atoms. The van der Waals surface area contributed by atoms with Gasteiger partial charge < -0.3 is 14.8 Å². The molecule has 0 fully saturated rings. The van der Waals surface area contributed by atoms with Crippen LogP contribution in [0.15, 0.2) is 24.3 Å². The van der Waals surface area contributed by atoms with Gasteiger partial charge in [-0.05, 0) is 24.3 Å². The molecule has 1 aromatic carbocycles. The van der Waals surface area contributed by atoms with E-state index in [0.717, 1.165) is 17.1 Å². The summed E-state index contributed by atoms with van der Waals surface area (Å²) in [4.78, 5) is 18.6. The van der Waals surface area contributed by atoms with Crippen LogP contribution in [0.25, 0.3) is 11.3 Å². The Bertz CT molecular complexity index is 600. The molecule has 106 valence electrons. The van der Waals surface area contributed by atoms with Crippen molar-refractivity contribution in [2.45, 2.75) is 26.2 Å². The zero-order valence-corrected chi connectivity index (χ0v) is 11.8. The van der Waals surface area contributed by atoms with Crippen LogP contribution in [0.2, 0.25) is 0 Å². The van der Waals surface area contributed by atoms with E-state index in [-0.39, 0.29) is 12.3 Å². The van der Waals surface area contributed by atoms with Crippen molar-refractivity contribution in [3.05, 3.63) is 35.8 Å². The van der Waals surface area contributed by atoms with Crippen molar-refractivity contribution in [2.75, 3.05) is 7.11 Å². The van der Waals surface area contributed by atoms with Crippen molar-refractivity contribution >= 4 is 5.97 Å². The first-order valence-electron chi connectivity index (χ1n) is 6.46. The lowest BCUT2D eigenvalue weighted by Gasteiger charge is -2.03. The first-order chi connectivity index (χ1) is 9.51. The molecule has 0 saturated heterocycles. The number of hydrogen-bond donors (Lipinski definition) is 2. The van der Waals surface area contributed by atoms with Crippen LogP contribution in [0.3, 0.4) is 0 Å². The molecule has 0 amide bonds. The Labute approximate surface area is 117 Å². The number of rotatable bonds is 5. The second kappa shape index (κ2) is 5.77. The number of aliphatic carboxylic acids is 1. The zero-order valence-electron chi connectivity index (χ0n) is 11.8. The standard InChI is InChI=1S/C15H18N2O3/c1-9(2)15-16-12(8-13(18)19)14(17-15)10-4-6-11(20-3)7-5-10/h4-7,9H,8H2,1-3H3,(H,16,17)(H,18,19). The number of nitrogens with zero attached hydrogens (tertiary/aromatic N) is 1. The Kier molecular flexibility index (Phi) is 4.08. The van der Waals surface area contributed by atoms with Gasteiger partial charge in [0.1, 0.15) is 11.6 Å². The molecule has 0 aliphatic rings. The molecule has 20 heavy (non-hydrogen) atoms. The number of carboxylic acid groups (broad SMARTS) is 1. The van der Waals surface area contributed by atoms with Crippen LogP contribution in [-0.2, 0) is 11.2 Å². The van der Waals surface area contributed by atoms with E-state index in [0.29, 0.717) is 11.4 Å². The summed E-state index contributed by atoms with van der Waals surface area (Å²) in [6.45, 7) is 4.03. The molecule has 0 atom stereocenters. The lowest BCUT2D eigenvalue weighted by atomic mass is 10.1. The first-order valence-corrected chi connectivity index (χ1v) is 6.46. The molecule has 0 aliphatic heterocycles. The van der Waals surface area contributed by atoms with Crippen molar-refractivity contribution in [3.8, 4) is 17.0 Å². The summed E-state index contributed by atoms with van der Waals surface area (Å²) in [5.41, 5.74) is 2.20. The van der Waals surface area contributed by atoms with Gasteiger partial charge in [-0.15, -0.1) is 0 Å². The molecule has 0 bridgehead atoms. The number of ether oxygens (including phenoxy) is 1. The van der Waals surface area contributed by atoms with Crippen molar-refractivity contribution in [1.29, 1.82) is 0 Å². The summed E-state index contributed by atoms with van der Waals surface area (Å²) in [5.74, 6) is 0.897. The van der Waals surface area contributed by atoms with Gasteiger partial charge in [0.25, 0.3) is 0 Å². The first kappa shape index (κ1) is 14.1. The molecule has 0 unspecified atom stereocenters. The maximum atomic E-state index is 11.0. The van der Waals surface area contributed by atoms with Crippen molar-refractivity contribution < 1.29 is 14.6 Å². The van der Waals surface area contributed by atoms with Gasteiger partial charge in [0.2, 0.25) is 0 Å². The third-order valence-corrected chi connectivity index (χ3v) is 3.04. The molecule has 5 nitrogen and oxygen atoms in total. The van der Waals surface area contributed by atoms with E-state index in [9.17, 15) is 4.79 Å². The second-order valence-corrected chi connectivity index (χ2v) is 4.90. The van der Waals surface area contributed by atoms with Crippen LogP contribution in [0.1, 0.15) is 31.3 Å². The summed E-state index contributed by atoms with van der Waals surface area (Å²) < 4.78 is 5.12. The number of hydrogen-bond acceptors (Lipinski definition) is 3. The van der Waals surface area contributed by atoms with E-state index in [2.05, 4.69) is 9.97 Å². The molecule has 0 aliphatic carbocycles. The van der Waals surface area contributed by atoms with Gasteiger partial charge in [0.05, 0.1) is 24.9 Å². The average Bonchev–Trinajstić information content (AvgIpc) is 2.82. The van der Waals surface area contributed by atoms with Gasteiger partial charge in [0, 0.05) is 11.5 Å². The van der Waals surface area contributed by atoms with E-state index in [1.54, 1.807) is 7.11 Å². The minimum Gasteiger partial charge on any atom is -0.497 e. The van der Waals surface area contributed by atoms with E-state index >= 15 is 0 Å². The van der Waals surface area contributed by atoms with Crippen molar-refractivity contribution in [3.63, 3.8) is 0 Å². The van der Waals surface area contributed by atoms with Crippen LogP contribution in [0, 0.1) is 0 Å². The zero-order chi connectivity index (χ0) is 14.7. The highest BCUT2D eigenvalue weighted by molar-refractivity contribution is 5.74. The summed E-state index contributed by atoms with van der Waals surface area (Å²) in [6, 6.07) is 7.43. The number of imidazole rings is 1. The molecule has 2 N–H and O–H groups in total. The van der Waals surface area contributed by atoms with E-state index < -0.39 is 5.97 Å². The van der Waals surface area contributed by atoms with Gasteiger partial charge in [-0.3, -0.25) is 4.79 Å². The Balaban J connectivity index is 2.43. The van der Waals surface area contributed by atoms with Crippen LogP contribution in [0.4, 0.5) is 0 Å². The van der Waals surface area contributed by atoms with E-state index in [1.165, 1.54) is 0 Å². The van der Waals surface area contributed by atoms with Crippen LogP contribution in [-0.4, -0.2) is 28.2 Å². The molecule has 1 heterocycles. The SMILES string of the molecule is COc1ccc(-c2nc(C(C)C)[nH]c2CC(=O)O)cc1. The molecule has 2 aromatic rings. The molecule has 1 aromatic heterocycles. The van der Waals surface area contributed by atoms with Gasteiger partial charge in [-0.25, -0.2) is 4.98 Å². The van der Waals surface area contributed by atoms with Gasteiger partial charge in [-0.2, -0.15) is 0 Å². The predicted molar refractivity (Wildman–Crippen MR) is 76.0 cm³/mol. The minimum absolute atomic E-state index is 0.0684. The molecule has 0 saturated carbocycles. The topological polar surface area (TPSA) is 75.2 Å². The quantitative estimate of drug-likeness (QED) is 0.879. The highest BCUT2D eigenvalue weighted by atomic mass is 16.5. The number of carboxylic acids is 1. The van der Waals surface area contributed by atoms with Crippen molar-refractivity contribution in [2.24, 2.45) is 0 Å². The predicted octanol–water partition coefficient (Wildman–Crippen LogP) is 2.84. The lowest BCUT2D eigenvalue weighted by Crippen LogP contribution is -2.02. The maximum Gasteiger partial charge on any atom is 0.309 e. The lowest BCUT2D eigenvalue weighted by molar-refractivity contribution is -0.136. The molecule has 5 heteroatoms. The number of aromatic amines is 1. The Morgan fingerprint density at radius 2 is 2.00 bits per heavy atom. The summed E-state index contributed by atoms with van der Waals surface area (Å²) in [5, 5.41) is 9.00. The Morgan fingerprint density at radius 3 is 2.50 bits per heavy atom.